The second-order valence-corrected chi connectivity index (χ2v) is 6.11. The highest BCUT2D eigenvalue weighted by Crippen LogP contribution is 2.09. The smallest absolute Gasteiger partial charge is 0.00582 e. The summed E-state index contributed by atoms with van der Waals surface area (Å²) in [4.78, 5) is 0. The molecule has 0 spiro atoms. The Kier molecular flexibility index (Phi) is 16.5. The standard InChI is InChI=1S/C20H37N/c1-3-4-5-6-7-8-9-10-11-12-13-14-15-16-17-18-19-20(2)21/h7-8,10-11,21H,3-6,9,12-19H2,1-2H3/b8-7-,11-10-,21-20?. The van der Waals surface area contributed by atoms with Crippen LogP contribution in [0.3, 0.4) is 0 Å². The van der Waals surface area contributed by atoms with E-state index in [0.717, 1.165) is 18.6 Å². The maximum Gasteiger partial charge on any atom is 0.00582 e. The lowest BCUT2D eigenvalue weighted by molar-refractivity contribution is 0.603. The zero-order valence-electron chi connectivity index (χ0n) is 14.5. The van der Waals surface area contributed by atoms with E-state index in [1.165, 1.54) is 70.6 Å². The van der Waals surface area contributed by atoms with E-state index in [2.05, 4.69) is 31.2 Å². The van der Waals surface area contributed by atoms with Crippen LogP contribution in [-0.2, 0) is 0 Å². The summed E-state index contributed by atoms with van der Waals surface area (Å²) in [5.41, 5.74) is 0.833. The van der Waals surface area contributed by atoms with Gasteiger partial charge in [-0.3, -0.25) is 0 Å². The largest absolute Gasteiger partial charge is 0.310 e. The van der Waals surface area contributed by atoms with E-state index < -0.39 is 0 Å². The Morgan fingerprint density at radius 1 is 0.714 bits per heavy atom. The average Bonchev–Trinajstić information content (AvgIpc) is 2.46. The van der Waals surface area contributed by atoms with Crippen molar-refractivity contribution in [2.75, 3.05) is 0 Å². The first-order valence-corrected chi connectivity index (χ1v) is 9.11. The van der Waals surface area contributed by atoms with Crippen LogP contribution < -0.4 is 0 Å². The van der Waals surface area contributed by atoms with Gasteiger partial charge in [0.15, 0.2) is 0 Å². The minimum Gasteiger partial charge on any atom is -0.310 e. The van der Waals surface area contributed by atoms with Crippen LogP contribution >= 0.6 is 0 Å². The quantitative estimate of drug-likeness (QED) is 0.187. The van der Waals surface area contributed by atoms with Crippen molar-refractivity contribution in [2.45, 2.75) is 97.3 Å². The van der Waals surface area contributed by atoms with Crippen molar-refractivity contribution in [1.82, 2.24) is 0 Å². The van der Waals surface area contributed by atoms with Crippen LogP contribution in [0, 0.1) is 5.41 Å². The molecule has 0 radical (unpaired) electrons. The van der Waals surface area contributed by atoms with Crippen molar-refractivity contribution in [2.24, 2.45) is 0 Å². The molecule has 0 saturated heterocycles. The van der Waals surface area contributed by atoms with Crippen LogP contribution in [0.5, 0.6) is 0 Å². The molecule has 0 bridgehead atoms. The van der Waals surface area contributed by atoms with Gasteiger partial charge in [-0.2, -0.15) is 0 Å². The first-order valence-electron chi connectivity index (χ1n) is 9.11. The van der Waals surface area contributed by atoms with Gasteiger partial charge < -0.3 is 5.41 Å². The van der Waals surface area contributed by atoms with E-state index in [4.69, 9.17) is 5.41 Å². The summed E-state index contributed by atoms with van der Waals surface area (Å²) in [6.07, 6.45) is 25.8. The number of hydrogen-bond acceptors (Lipinski definition) is 1. The fourth-order valence-electron chi connectivity index (χ4n) is 2.38. The Bertz CT molecular complexity index is 276. The monoisotopic (exact) mass is 291 g/mol. The van der Waals surface area contributed by atoms with Gasteiger partial charge in [0.05, 0.1) is 0 Å². The third kappa shape index (κ3) is 19.1. The van der Waals surface area contributed by atoms with Gasteiger partial charge in [0.1, 0.15) is 0 Å². The summed E-state index contributed by atoms with van der Waals surface area (Å²) >= 11 is 0. The summed E-state index contributed by atoms with van der Waals surface area (Å²) in [6, 6.07) is 0. The molecule has 0 fully saturated rings. The topological polar surface area (TPSA) is 23.9 Å². The van der Waals surface area contributed by atoms with Gasteiger partial charge in [0.25, 0.3) is 0 Å². The van der Waals surface area contributed by atoms with Crippen molar-refractivity contribution in [1.29, 1.82) is 5.41 Å². The van der Waals surface area contributed by atoms with E-state index in [1.807, 2.05) is 6.92 Å². The molecule has 122 valence electrons. The highest BCUT2D eigenvalue weighted by molar-refractivity contribution is 5.78. The SMILES string of the molecule is CCCCC/C=C\C/C=C\CCCCCCCCC(C)=N. The molecule has 0 aromatic carbocycles. The molecule has 0 rings (SSSR count). The molecule has 0 saturated carbocycles. The highest BCUT2D eigenvalue weighted by Gasteiger charge is 1.92. The van der Waals surface area contributed by atoms with Gasteiger partial charge in [-0.25, -0.2) is 0 Å². The average molecular weight is 292 g/mol. The van der Waals surface area contributed by atoms with E-state index in [-0.39, 0.29) is 0 Å². The second kappa shape index (κ2) is 17.2. The number of hydrogen-bond donors (Lipinski definition) is 1. The molecule has 0 unspecified atom stereocenters. The predicted octanol–water partition coefficient (Wildman–Crippen LogP) is 7.23. The minimum atomic E-state index is 0.833. The molecule has 0 amide bonds. The van der Waals surface area contributed by atoms with Crippen LogP contribution in [0.1, 0.15) is 97.3 Å². The molecule has 0 atom stereocenters. The van der Waals surface area contributed by atoms with Crippen LogP contribution in [0.4, 0.5) is 0 Å². The molecule has 1 heteroatoms. The van der Waals surface area contributed by atoms with Gasteiger partial charge in [-0.1, -0.05) is 69.8 Å². The lowest BCUT2D eigenvalue weighted by Crippen LogP contribution is -1.88. The molecule has 1 N–H and O–H groups in total. The van der Waals surface area contributed by atoms with E-state index >= 15 is 0 Å². The summed E-state index contributed by atoms with van der Waals surface area (Å²) in [6.45, 7) is 4.16. The molecule has 21 heavy (non-hydrogen) atoms. The van der Waals surface area contributed by atoms with Crippen molar-refractivity contribution >= 4 is 5.71 Å². The first kappa shape index (κ1) is 20.1. The fraction of sp³-hybridized carbons (Fsp3) is 0.750. The Hall–Kier alpha value is -0.850. The van der Waals surface area contributed by atoms with Gasteiger partial charge >= 0.3 is 0 Å². The Morgan fingerprint density at radius 3 is 1.81 bits per heavy atom. The minimum absolute atomic E-state index is 0.833. The summed E-state index contributed by atoms with van der Waals surface area (Å²) in [5.74, 6) is 0. The Morgan fingerprint density at radius 2 is 1.24 bits per heavy atom. The van der Waals surface area contributed by atoms with E-state index in [9.17, 15) is 0 Å². The van der Waals surface area contributed by atoms with Crippen LogP contribution in [0.2, 0.25) is 0 Å². The van der Waals surface area contributed by atoms with Crippen LogP contribution in [0.15, 0.2) is 24.3 Å². The zero-order chi connectivity index (χ0) is 15.6. The molecule has 0 aliphatic heterocycles. The zero-order valence-corrected chi connectivity index (χ0v) is 14.5. The molecule has 0 aromatic heterocycles. The summed E-state index contributed by atoms with van der Waals surface area (Å²) < 4.78 is 0. The summed E-state index contributed by atoms with van der Waals surface area (Å²) in [7, 11) is 0. The second-order valence-electron chi connectivity index (χ2n) is 6.11. The predicted molar refractivity (Wildman–Crippen MR) is 97.4 cm³/mol. The lowest BCUT2D eigenvalue weighted by Gasteiger charge is -2.00. The van der Waals surface area contributed by atoms with Gasteiger partial charge in [-0.15, -0.1) is 0 Å². The first-order chi connectivity index (χ1) is 10.3. The third-order valence-electron chi connectivity index (χ3n) is 3.75. The normalized spacial score (nSPS) is 11.7. The highest BCUT2D eigenvalue weighted by atomic mass is 14.4. The maximum atomic E-state index is 7.36. The molecule has 0 aliphatic carbocycles. The molecule has 0 heterocycles. The molecular weight excluding hydrogens is 254 g/mol. The van der Waals surface area contributed by atoms with Crippen LogP contribution in [0.25, 0.3) is 0 Å². The number of allylic oxidation sites excluding steroid dienone is 4. The molecule has 0 aromatic rings. The molecular formula is C20H37N. The van der Waals surface area contributed by atoms with E-state index in [1.54, 1.807) is 0 Å². The van der Waals surface area contributed by atoms with Gasteiger partial charge in [0, 0.05) is 5.71 Å². The molecule has 1 nitrogen and oxygen atoms in total. The van der Waals surface area contributed by atoms with Crippen molar-refractivity contribution in [3.63, 3.8) is 0 Å². The van der Waals surface area contributed by atoms with Gasteiger partial charge in [0.2, 0.25) is 0 Å². The fourth-order valence-corrected chi connectivity index (χ4v) is 2.38. The van der Waals surface area contributed by atoms with Crippen molar-refractivity contribution in [3.05, 3.63) is 24.3 Å². The van der Waals surface area contributed by atoms with Crippen LogP contribution in [-0.4, -0.2) is 5.71 Å². The number of nitrogens with one attached hydrogen (secondary N) is 1. The van der Waals surface area contributed by atoms with E-state index in [0.29, 0.717) is 0 Å². The summed E-state index contributed by atoms with van der Waals surface area (Å²) in [5, 5.41) is 7.36. The lowest BCUT2D eigenvalue weighted by atomic mass is 10.1. The Labute approximate surface area is 133 Å². The Balaban J connectivity index is 3.16. The molecule has 0 aliphatic rings. The third-order valence-corrected chi connectivity index (χ3v) is 3.75. The number of unbranched alkanes of at least 4 members (excludes halogenated alkanes) is 9. The number of rotatable bonds is 15. The van der Waals surface area contributed by atoms with Crippen molar-refractivity contribution < 1.29 is 0 Å². The van der Waals surface area contributed by atoms with Crippen molar-refractivity contribution in [3.8, 4) is 0 Å². The maximum absolute atomic E-state index is 7.36. The van der Waals surface area contributed by atoms with Gasteiger partial charge in [-0.05, 0) is 51.9 Å².